The fourth-order valence-corrected chi connectivity index (χ4v) is 3.16. The smallest absolute Gasteiger partial charge is 0.0273 e. The number of hydrogen-bond acceptors (Lipinski definition) is 2. The highest BCUT2D eigenvalue weighted by Crippen LogP contribution is 2.36. The van der Waals surface area contributed by atoms with Crippen molar-refractivity contribution in [3.05, 3.63) is 132 Å². The van der Waals surface area contributed by atoms with Gasteiger partial charge in [0.25, 0.3) is 0 Å². The van der Waals surface area contributed by atoms with Crippen LogP contribution in [-0.4, -0.2) is 9.97 Å². The minimum absolute atomic E-state index is 1.14. The molecule has 0 radical (unpaired) electrons. The first-order valence-corrected chi connectivity index (χ1v) is 8.59. The van der Waals surface area contributed by atoms with Crippen LogP contribution in [0.15, 0.2) is 110 Å². The molecule has 0 bridgehead atoms. The molecule has 4 aromatic rings. The van der Waals surface area contributed by atoms with Crippen LogP contribution in [0.2, 0.25) is 0 Å². The largest absolute Gasteiger partial charge is 0.265 e. The van der Waals surface area contributed by atoms with Crippen LogP contribution in [0.25, 0.3) is 11.1 Å². The van der Waals surface area contributed by atoms with Gasteiger partial charge in [-0.15, -0.1) is 0 Å². The highest BCUT2D eigenvalue weighted by atomic mass is 14.6. The average molecular weight is 334 g/mol. The van der Waals surface area contributed by atoms with E-state index >= 15 is 0 Å². The second-order valence-electron chi connectivity index (χ2n) is 5.95. The van der Waals surface area contributed by atoms with Crippen LogP contribution in [0.5, 0.6) is 0 Å². The quantitative estimate of drug-likeness (QED) is 0.462. The van der Waals surface area contributed by atoms with Crippen molar-refractivity contribution in [3.63, 3.8) is 0 Å². The Morgan fingerprint density at radius 1 is 0.385 bits per heavy atom. The zero-order valence-corrected chi connectivity index (χ0v) is 14.3. The van der Waals surface area contributed by atoms with Gasteiger partial charge in [0.15, 0.2) is 0 Å². The standard InChI is InChI=1S/C24H18N2/c1-3-7-19(8-4-1)23(21-11-15-25-16-12-21)24(20-9-5-2-6-10-20)22-13-17-26-18-14-22/h1-18H/b24-23+. The lowest BCUT2D eigenvalue weighted by Gasteiger charge is -2.17. The highest BCUT2D eigenvalue weighted by molar-refractivity contribution is 6.04. The number of rotatable bonds is 4. The molecule has 0 N–H and O–H groups in total. The van der Waals surface area contributed by atoms with Gasteiger partial charge in [-0.1, -0.05) is 60.7 Å². The van der Waals surface area contributed by atoms with Gasteiger partial charge in [-0.3, -0.25) is 9.97 Å². The zero-order valence-electron chi connectivity index (χ0n) is 14.3. The first kappa shape index (κ1) is 16.0. The molecular formula is C24H18N2. The van der Waals surface area contributed by atoms with E-state index in [1.54, 1.807) is 0 Å². The molecule has 0 aliphatic carbocycles. The Balaban J connectivity index is 2.09. The predicted octanol–water partition coefficient (Wildman–Crippen LogP) is 5.48. The topological polar surface area (TPSA) is 25.8 Å². The van der Waals surface area contributed by atoms with Crippen LogP contribution in [0, 0.1) is 0 Å². The molecule has 0 aliphatic rings. The van der Waals surface area contributed by atoms with Crippen molar-refractivity contribution in [2.75, 3.05) is 0 Å². The van der Waals surface area contributed by atoms with Crippen LogP contribution in [0.3, 0.4) is 0 Å². The second kappa shape index (κ2) is 7.58. The van der Waals surface area contributed by atoms with Gasteiger partial charge in [-0.25, -0.2) is 0 Å². The first-order valence-electron chi connectivity index (χ1n) is 8.59. The molecule has 4 rings (SSSR count). The molecule has 0 amide bonds. The van der Waals surface area contributed by atoms with Crippen LogP contribution in [0.1, 0.15) is 22.3 Å². The summed E-state index contributed by atoms with van der Waals surface area (Å²) in [4.78, 5) is 8.39. The molecule has 0 fully saturated rings. The Labute approximate surface area is 153 Å². The number of benzene rings is 2. The van der Waals surface area contributed by atoms with Crippen LogP contribution >= 0.6 is 0 Å². The van der Waals surface area contributed by atoms with E-state index in [4.69, 9.17) is 0 Å². The fourth-order valence-electron chi connectivity index (χ4n) is 3.16. The summed E-state index contributed by atoms with van der Waals surface area (Å²) in [5.41, 5.74) is 7.00. The summed E-state index contributed by atoms with van der Waals surface area (Å²) in [5.74, 6) is 0. The van der Waals surface area contributed by atoms with Gasteiger partial charge < -0.3 is 0 Å². The Kier molecular flexibility index (Phi) is 4.66. The summed E-state index contributed by atoms with van der Waals surface area (Å²) in [7, 11) is 0. The summed E-state index contributed by atoms with van der Waals surface area (Å²) in [6.07, 6.45) is 7.36. The predicted molar refractivity (Wildman–Crippen MR) is 106 cm³/mol. The molecule has 2 aromatic carbocycles. The van der Waals surface area contributed by atoms with Crippen LogP contribution in [0.4, 0.5) is 0 Å². The summed E-state index contributed by atoms with van der Waals surface area (Å²) >= 11 is 0. The molecule has 0 aliphatic heterocycles. The summed E-state index contributed by atoms with van der Waals surface area (Å²) in [6, 6.07) is 29.2. The Morgan fingerprint density at radius 2 is 0.692 bits per heavy atom. The molecule has 2 nitrogen and oxygen atoms in total. The zero-order chi connectivity index (χ0) is 17.6. The van der Waals surface area contributed by atoms with Gasteiger partial charge in [-0.2, -0.15) is 0 Å². The van der Waals surface area contributed by atoms with E-state index in [0.717, 1.165) is 11.1 Å². The van der Waals surface area contributed by atoms with Crippen molar-refractivity contribution in [2.24, 2.45) is 0 Å². The van der Waals surface area contributed by atoms with E-state index in [-0.39, 0.29) is 0 Å². The summed E-state index contributed by atoms with van der Waals surface area (Å²) < 4.78 is 0. The number of pyridine rings is 2. The maximum atomic E-state index is 4.19. The summed E-state index contributed by atoms with van der Waals surface area (Å²) in [5, 5.41) is 0. The summed E-state index contributed by atoms with van der Waals surface area (Å²) in [6.45, 7) is 0. The van der Waals surface area contributed by atoms with Crippen LogP contribution in [-0.2, 0) is 0 Å². The molecule has 0 saturated carbocycles. The lowest BCUT2D eigenvalue weighted by molar-refractivity contribution is 1.31. The maximum absolute atomic E-state index is 4.19. The van der Waals surface area contributed by atoms with E-state index in [9.17, 15) is 0 Å². The van der Waals surface area contributed by atoms with Crippen molar-refractivity contribution >= 4 is 11.1 Å². The van der Waals surface area contributed by atoms with Crippen molar-refractivity contribution in [1.29, 1.82) is 0 Å². The molecule has 124 valence electrons. The average Bonchev–Trinajstić information content (AvgIpc) is 2.74. The van der Waals surface area contributed by atoms with Gasteiger partial charge in [0.1, 0.15) is 0 Å². The monoisotopic (exact) mass is 334 g/mol. The van der Waals surface area contributed by atoms with Gasteiger partial charge in [-0.05, 0) is 57.7 Å². The Bertz CT molecular complexity index is 825. The Morgan fingerprint density at radius 3 is 1.04 bits per heavy atom. The number of hydrogen-bond donors (Lipinski definition) is 0. The lowest BCUT2D eigenvalue weighted by Crippen LogP contribution is -1.97. The minimum Gasteiger partial charge on any atom is -0.265 e. The van der Waals surface area contributed by atoms with E-state index < -0.39 is 0 Å². The fraction of sp³-hybridized carbons (Fsp3) is 0. The highest BCUT2D eigenvalue weighted by Gasteiger charge is 2.15. The van der Waals surface area contributed by atoms with Crippen LogP contribution < -0.4 is 0 Å². The van der Waals surface area contributed by atoms with Gasteiger partial charge in [0.2, 0.25) is 0 Å². The van der Waals surface area contributed by atoms with E-state index in [0.29, 0.717) is 0 Å². The van der Waals surface area contributed by atoms with E-state index in [2.05, 4.69) is 82.8 Å². The molecule has 0 spiro atoms. The molecule has 26 heavy (non-hydrogen) atoms. The van der Waals surface area contributed by atoms with Crippen molar-refractivity contribution in [3.8, 4) is 0 Å². The molecule has 2 heterocycles. The minimum atomic E-state index is 1.14. The number of aromatic nitrogens is 2. The van der Waals surface area contributed by atoms with Crippen molar-refractivity contribution in [1.82, 2.24) is 9.97 Å². The second-order valence-corrected chi connectivity index (χ2v) is 5.95. The molecule has 2 aromatic heterocycles. The van der Waals surface area contributed by atoms with Crippen molar-refractivity contribution < 1.29 is 0 Å². The molecule has 2 heteroatoms. The molecule has 0 saturated heterocycles. The van der Waals surface area contributed by atoms with Crippen molar-refractivity contribution in [2.45, 2.75) is 0 Å². The Hall–Kier alpha value is -3.52. The lowest BCUT2D eigenvalue weighted by atomic mass is 9.86. The third-order valence-corrected chi connectivity index (χ3v) is 4.31. The number of nitrogens with zero attached hydrogens (tertiary/aromatic N) is 2. The third-order valence-electron chi connectivity index (χ3n) is 4.31. The first-order chi connectivity index (χ1) is 12.9. The van der Waals surface area contributed by atoms with E-state index in [1.807, 2.05) is 36.9 Å². The van der Waals surface area contributed by atoms with Gasteiger partial charge in [0.05, 0.1) is 0 Å². The molecular weight excluding hydrogens is 316 g/mol. The van der Waals surface area contributed by atoms with E-state index in [1.165, 1.54) is 22.3 Å². The molecule has 0 atom stereocenters. The maximum Gasteiger partial charge on any atom is 0.0273 e. The SMILES string of the molecule is c1ccc(/C(=C(/c2ccccc2)c2ccncc2)c2ccncc2)cc1. The normalized spacial score (nSPS) is 11.7. The third kappa shape index (κ3) is 3.31. The van der Waals surface area contributed by atoms with Gasteiger partial charge >= 0.3 is 0 Å². The van der Waals surface area contributed by atoms with Gasteiger partial charge in [0, 0.05) is 24.8 Å². The molecule has 0 unspecified atom stereocenters.